The number of methoxy groups -OCH3 is 1. The molecule has 0 unspecified atom stereocenters. The van der Waals surface area contributed by atoms with Crippen LogP contribution in [-0.4, -0.2) is 19.7 Å². The number of rotatable bonds is 2. The van der Waals surface area contributed by atoms with Crippen molar-refractivity contribution < 1.29 is 14.3 Å². The van der Waals surface area contributed by atoms with Gasteiger partial charge in [-0.1, -0.05) is 23.8 Å². The molecule has 4 heteroatoms. The minimum atomic E-state index is -0.295. The number of ether oxygens (including phenoxy) is 2. The Morgan fingerprint density at radius 2 is 2.00 bits per heavy atom. The smallest absolute Gasteiger partial charge is 0.337 e. The van der Waals surface area contributed by atoms with Crippen LogP contribution in [-0.2, 0) is 9.47 Å². The van der Waals surface area contributed by atoms with E-state index >= 15 is 0 Å². The average molecular weight is 351 g/mol. The maximum atomic E-state index is 11.8. The van der Waals surface area contributed by atoms with Gasteiger partial charge in [0.25, 0.3) is 0 Å². The number of nitrogens with one attached hydrogen (secondary N) is 1. The van der Waals surface area contributed by atoms with E-state index in [0.717, 1.165) is 30.7 Å². The summed E-state index contributed by atoms with van der Waals surface area (Å²) in [5.41, 5.74) is 6.61. The lowest BCUT2D eigenvalue weighted by molar-refractivity contribution is -0.0382. The fourth-order valence-electron chi connectivity index (χ4n) is 4.37. The summed E-state index contributed by atoms with van der Waals surface area (Å²) in [6.07, 6.45) is 2.35. The van der Waals surface area contributed by atoms with Gasteiger partial charge >= 0.3 is 5.97 Å². The second kappa shape index (κ2) is 6.76. The molecule has 1 saturated heterocycles. The van der Waals surface area contributed by atoms with Crippen LogP contribution in [0.15, 0.2) is 36.4 Å². The molecular formula is C22H25NO3. The molecule has 136 valence electrons. The molecule has 0 spiro atoms. The van der Waals surface area contributed by atoms with E-state index in [4.69, 9.17) is 9.47 Å². The fourth-order valence-corrected chi connectivity index (χ4v) is 4.37. The first-order chi connectivity index (χ1) is 12.6. The zero-order valence-electron chi connectivity index (χ0n) is 15.5. The van der Waals surface area contributed by atoms with Crippen LogP contribution >= 0.6 is 0 Å². The Morgan fingerprint density at radius 3 is 2.77 bits per heavy atom. The molecule has 2 heterocycles. The van der Waals surface area contributed by atoms with Crippen molar-refractivity contribution in [2.45, 2.75) is 38.8 Å². The van der Waals surface area contributed by atoms with Gasteiger partial charge in [-0.2, -0.15) is 0 Å². The zero-order chi connectivity index (χ0) is 18.3. The number of carbonyl (C=O) groups is 1. The normalized spacial score (nSPS) is 24.2. The van der Waals surface area contributed by atoms with Gasteiger partial charge in [0.1, 0.15) is 0 Å². The van der Waals surface area contributed by atoms with Crippen LogP contribution < -0.4 is 5.32 Å². The third-order valence-electron chi connectivity index (χ3n) is 5.65. The summed E-state index contributed by atoms with van der Waals surface area (Å²) in [5, 5.41) is 3.75. The van der Waals surface area contributed by atoms with Gasteiger partial charge in [-0.05, 0) is 56.0 Å². The van der Waals surface area contributed by atoms with Crippen LogP contribution in [0.4, 0.5) is 5.69 Å². The molecule has 2 aromatic carbocycles. The van der Waals surface area contributed by atoms with Gasteiger partial charge in [-0.15, -0.1) is 0 Å². The predicted octanol–water partition coefficient (Wildman–Crippen LogP) is 4.72. The SMILES string of the molecule is COC(=O)c1ccc([C@H]2Nc3ccc(C)cc3[C@@H]3OCCC[C@H]23)c(C)c1. The number of aryl methyl sites for hydroxylation is 2. The molecule has 2 aliphatic heterocycles. The minimum Gasteiger partial charge on any atom is -0.465 e. The Kier molecular flexibility index (Phi) is 4.45. The number of esters is 1. The van der Waals surface area contributed by atoms with Gasteiger partial charge < -0.3 is 14.8 Å². The molecule has 0 amide bonds. The number of hydrogen-bond acceptors (Lipinski definition) is 4. The number of anilines is 1. The Morgan fingerprint density at radius 1 is 1.15 bits per heavy atom. The van der Waals surface area contributed by atoms with Crippen LogP contribution in [0.3, 0.4) is 0 Å². The van der Waals surface area contributed by atoms with E-state index < -0.39 is 0 Å². The van der Waals surface area contributed by atoms with Crippen LogP contribution in [0.5, 0.6) is 0 Å². The van der Waals surface area contributed by atoms with Gasteiger partial charge in [0.15, 0.2) is 0 Å². The third kappa shape index (κ3) is 2.88. The first-order valence-corrected chi connectivity index (χ1v) is 9.26. The first kappa shape index (κ1) is 17.1. The molecule has 2 aromatic rings. The highest BCUT2D eigenvalue weighted by Gasteiger charge is 2.40. The Labute approximate surface area is 154 Å². The standard InChI is InChI=1S/C22H25NO3/c1-13-6-9-19-18(11-13)21-17(5-4-10-26-21)20(23-19)16-8-7-15(12-14(16)2)22(24)25-3/h6-9,11-12,17,20-21,23H,4-5,10H2,1-3H3/t17-,20-,21-/m1/s1. The van der Waals surface area contributed by atoms with Gasteiger partial charge in [-0.3, -0.25) is 0 Å². The number of fused-ring (bicyclic) bond motifs is 3. The fraction of sp³-hybridized carbons (Fsp3) is 0.409. The van der Waals surface area contributed by atoms with Crippen molar-refractivity contribution in [3.8, 4) is 0 Å². The lowest BCUT2D eigenvalue weighted by Gasteiger charge is -2.44. The molecule has 0 bridgehead atoms. The van der Waals surface area contributed by atoms with E-state index in [1.807, 2.05) is 12.1 Å². The maximum Gasteiger partial charge on any atom is 0.337 e. The first-order valence-electron chi connectivity index (χ1n) is 9.26. The molecule has 0 radical (unpaired) electrons. The van der Waals surface area contributed by atoms with Gasteiger partial charge in [0, 0.05) is 23.8 Å². The van der Waals surface area contributed by atoms with Gasteiger partial charge in [0.2, 0.25) is 0 Å². The maximum absolute atomic E-state index is 11.8. The molecule has 3 atom stereocenters. The molecule has 0 saturated carbocycles. The number of carbonyl (C=O) groups excluding carboxylic acids is 1. The summed E-state index contributed by atoms with van der Waals surface area (Å²) in [4.78, 5) is 11.8. The topological polar surface area (TPSA) is 47.6 Å². The highest BCUT2D eigenvalue weighted by Crippen LogP contribution is 2.49. The second-order valence-corrected chi connectivity index (χ2v) is 7.37. The van der Waals surface area contributed by atoms with Crippen molar-refractivity contribution in [1.82, 2.24) is 0 Å². The Balaban J connectivity index is 1.74. The van der Waals surface area contributed by atoms with Crippen molar-refractivity contribution in [2.24, 2.45) is 5.92 Å². The van der Waals surface area contributed by atoms with Gasteiger partial charge in [-0.25, -0.2) is 4.79 Å². The molecule has 26 heavy (non-hydrogen) atoms. The van der Waals surface area contributed by atoms with Crippen LogP contribution in [0.1, 0.15) is 57.6 Å². The molecule has 4 rings (SSSR count). The summed E-state index contributed by atoms with van der Waals surface area (Å²) in [7, 11) is 1.41. The van der Waals surface area contributed by atoms with Crippen molar-refractivity contribution >= 4 is 11.7 Å². The average Bonchev–Trinajstić information content (AvgIpc) is 2.67. The Hall–Kier alpha value is -2.33. The third-order valence-corrected chi connectivity index (χ3v) is 5.65. The summed E-state index contributed by atoms with van der Waals surface area (Å²) in [6.45, 7) is 5.01. The second-order valence-electron chi connectivity index (χ2n) is 7.37. The quantitative estimate of drug-likeness (QED) is 0.795. The molecule has 1 N–H and O–H groups in total. The highest BCUT2D eigenvalue weighted by atomic mass is 16.5. The monoisotopic (exact) mass is 351 g/mol. The van der Waals surface area contributed by atoms with Crippen molar-refractivity contribution in [1.29, 1.82) is 0 Å². The molecule has 1 fully saturated rings. The number of hydrogen-bond donors (Lipinski definition) is 1. The van der Waals surface area contributed by atoms with E-state index in [0.29, 0.717) is 11.5 Å². The van der Waals surface area contributed by atoms with Crippen molar-refractivity contribution in [3.63, 3.8) is 0 Å². The van der Waals surface area contributed by atoms with E-state index in [2.05, 4.69) is 43.4 Å². The van der Waals surface area contributed by atoms with E-state index in [-0.39, 0.29) is 18.1 Å². The largest absolute Gasteiger partial charge is 0.465 e. The zero-order valence-corrected chi connectivity index (χ0v) is 15.5. The van der Waals surface area contributed by atoms with Crippen LogP contribution in [0.25, 0.3) is 0 Å². The summed E-state index contributed by atoms with van der Waals surface area (Å²) < 4.78 is 11.1. The highest BCUT2D eigenvalue weighted by molar-refractivity contribution is 5.89. The molecule has 4 nitrogen and oxygen atoms in total. The molecule has 2 aliphatic rings. The van der Waals surface area contributed by atoms with Crippen LogP contribution in [0.2, 0.25) is 0 Å². The number of benzene rings is 2. The summed E-state index contributed by atoms with van der Waals surface area (Å²) in [6, 6.07) is 12.6. The van der Waals surface area contributed by atoms with Crippen molar-refractivity contribution in [2.75, 3.05) is 19.0 Å². The summed E-state index contributed by atoms with van der Waals surface area (Å²) >= 11 is 0. The molecule has 0 aliphatic carbocycles. The van der Waals surface area contributed by atoms with E-state index in [1.165, 1.54) is 23.8 Å². The lowest BCUT2D eigenvalue weighted by atomic mass is 9.76. The molecule has 0 aromatic heterocycles. The van der Waals surface area contributed by atoms with E-state index in [1.54, 1.807) is 0 Å². The summed E-state index contributed by atoms with van der Waals surface area (Å²) in [5.74, 6) is 0.0941. The Bertz CT molecular complexity index is 845. The molecular weight excluding hydrogens is 326 g/mol. The van der Waals surface area contributed by atoms with E-state index in [9.17, 15) is 4.79 Å². The predicted molar refractivity (Wildman–Crippen MR) is 101 cm³/mol. The lowest BCUT2D eigenvalue weighted by Crippen LogP contribution is -2.36. The minimum absolute atomic E-state index is 0.129. The van der Waals surface area contributed by atoms with Crippen molar-refractivity contribution in [3.05, 3.63) is 64.2 Å². The van der Waals surface area contributed by atoms with Crippen LogP contribution in [0, 0.1) is 19.8 Å². The van der Waals surface area contributed by atoms with Gasteiger partial charge in [0.05, 0.1) is 24.8 Å².